The molecule has 2 rings (SSSR count). The Kier molecular flexibility index (Phi) is 7.61. The second-order valence-corrected chi connectivity index (χ2v) is 9.21. The minimum atomic E-state index is -3.84. The Bertz CT molecular complexity index is 941. The number of carbonyl (C=O) groups is 1. The van der Waals surface area contributed by atoms with Crippen LogP contribution in [0.25, 0.3) is 0 Å². The number of sulfonamides is 1. The lowest BCUT2D eigenvalue weighted by atomic mass is 10.0. The van der Waals surface area contributed by atoms with Gasteiger partial charge in [0.05, 0.1) is 16.8 Å². The van der Waals surface area contributed by atoms with Crippen LogP contribution in [0.4, 0.5) is 11.5 Å². The monoisotopic (exact) mass is 419 g/mol. The first-order valence-electron chi connectivity index (χ1n) is 9.70. The molecule has 2 N–H and O–H groups in total. The number of carboxylic acids is 1. The number of nitrogens with one attached hydrogen (secondary N) is 1. The van der Waals surface area contributed by atoms with Crippen LogP contribution < -0.4 is 9.62 Å². The van der Waals surface area contributed by atoms with Crippen molar-refractivity contribution < 1.29 is 18.3 Å². The highest BCUT2D eigenvalue weighted by Gasteiger charge is 2.19. The Hall–Kier alpha value is -2.61. The largest absolute Gasteiger partial charge is 0.478 e. The molecule has 0 unspecified atom stereocenters. The van der Waals surface area contributed by atoms with Crippen molar-refractivity contribution in [1.29, 1.82) is 0 Å². The van der Waals surface area contributed by atoms with E-state index in [1.165, 1.54) is 12.3 Å². The van der Waals surface area contributed by atoms with Crippen molar-refractivity contribution in [2.45, 2.75) is 44.9 Å². The molecule has 1 heterocycles. The number of aromatic nitrogens is 1. The normalized spacial score (nSPS) is 11.5. The van der Waals surface area contributed by atoms with Gasteiger partial charge in [-0.25, -0.2) is 18.2 Å². The first-order valence-corrected chi connectivity index (χ1v) is 11.2. The van der Waals surface area contributed by atoms with Gasteiger partial charge in [0, 0.05) is 13.6 Å². The van der Waals surface area contributed by atoms with Gasteiger partial charge in [0.1, 0.15) is 11.4 Å². The van der Waals surface area contributed by atoms with Crippen LogP contribution in [0.5, 0.6) is 0 Å². The van der Waals surface area contributed by atoms with Crippen molar-refractivity contribution in [3.63, 3.8) is 0 Å². The molecule has 0 fully saturated rings. The summed E-state index contributed by atoms with van der Waals surface area (Å²) in [6.45, 7) is 6.91. The predicted molar refractivity (Wildman–Crippen MR) is 115 cm³/mol. The third-order valence-corrected chi connectivity index (χ3v) is 5.83. The minimum Gasteiger partial charge on any atom is -0.478 e. The number of pyridine rings is 1. The first kappa shape index (κ1) is 22.7. The smallest absolute Gasteiger partial charge is 0.339 e. The fourth-order valence-corrected chi connectivity index (χ4v) is 4.00. The van der Waals surface area contributed by atoms with Crippen molar-refractivity contribution in [1.82, 2.24) is 4.98 Å². The molecule has 0 bridgehead atoms. The van der Waals surface area contributed by atoms with Gasteiger partial charge in [-0.1, -0.05) is 39.3 Å². The van der Waals surface area contributed by atoms with E-state index in [2.05, 4.69) is 23.6 Å². The molecule has 0 saturated carbocycles. The zero-order valence-electron chi connectivity index (χ0n) is 17.3. The van der Waals surface area contributed by atoms with E-state index < -0.39 is 16.0 Å². The van der Waals surface area contributed by atoms with Gasteiger partial charge >= 0.3 is 5.97 Å². The van der Waals surface area contributed by atoms with Gasteiger partial charge in [0.2, 0.25) is 0 Å². The molecule has 0 saturated heterocycles. The second kappa shape index (κ2) is 9.73. The lowest BCUT2D eigenvalue weighted by Crippen LogP contribution is -2.23. The number of anilines is 2. The number of rotatable bonds is 10. The summed E-state index contributed by atoms with van der Waals surface area (Å²) in [4.78, 5) is 17.7. The van der Waals surface area contributed by atoms with E-state index in [0.29, 0.717) is 18.3 Å². The SMILES string of the molecule is CCCCN(C)c1ncc(NS(=O)(=O)c2ccc(CC(C)C)cc2)cc1C(=O)O. The molecule has 29 heavy (non-hydrogen) atoms. The molecule has 0 atom stereocenters. The van der Waals surface area contributed by atoms with E-state index in [4.69, 9.17) is 0 Å². The molecule has 8 heteroatoms. The zero-order valence-corrected chi connectivity index (χ0v) is 18.2. The molecule has 0 spiro atoms. The fraction of sp³-hybridized carbons (Fsp3) is 0.429. The van der Waals surface area contributed by atoms with Crippen LogP contribution in [0.2, 0.25) is 0 Å². The molecule has 0 amide bonds. The van der Waals surface area contributed by atoms with E-state index in [-0.39, 0.29) is 16.1 Å². The highest BCUT2D eigenvalue weighted by atomic mass is 32.2. The minimum absolute atomic E-state index is 0.0453. The van der Waals surface area contributed by atoms with Gasteiger partial charge in [-0.15, -0.1) is 0 Å². The molecule has 1 aromatic heterocycles. The van der Waals surface area contributed by atoms with Crippen molar-refractivity contribution in [2.75, 3.05) is 23.2 Å². The second-order valence-electron chi connectivity index (χ2n) is 7.52. The molecular formula is C21H29N3O4S. The van der Waals surface area contributed by atoms with Crippen molar-refractivity contribution in [3.05, 3.63) is 47.7 Å². The summed E-state index contributed by atoms with van der Waals surface area (Å²) in [6.07, 6.45) is 4.08. The van der Waals surface area contributed by atoms with Crippen LogP contribution in [-0.2, 0) is 16.4 Å². The molecule has 0 aliphatic heterocycles. The number of hydrogen-bond acceptors (Lipinski definition) is 5. The highest BCUT2D eigenvalue weighted by molar-refractivity contribution is 7.92. The Morgan fingerprint density at radius 2 is 1.90 bits per heavy atom. The summed E-state index contributed by atoms with van der Waals surface area (Å²) in [5.74, 6) is -0.369. The van der Waals surface area contributed by atoms with E-state index >= 15 is 0 Å². The number of carboxylic acid groups (broad SMARTS) is 1. The Labute approximate surface area is 172 Å². The summed E-state index contributed by atoms with van der Waals surface area (Å²) in [5.41, 5.74) is 1.13. The van der Waals surface area contributed by atoms with Gasteiger partial charge in [0.25, 0.3) is 10.0 Å². The van der Waals surface area contributed by atoms with Gasteiger partial charge in [-0.2, -0.15) is 0 Å². The maximum absolute atomic E-state index is 12.7. The van der Waals surface area contributed by atoms with Crippen molar-refractivity contribution in [3.8, 4) is 0 Å². The summed E-state index contributed by atoms with van der Waals surface area (Å²) >= 11 is 0. The van der Waals surface area contributed by atoms with Gasteiger partial charge < -0.3 is 10.0 Å². The predicted octanol–water partition coefficient (Wildman–Crippen LogP) is 4.02. The van der Waals surface area contributed by atoms with Gasteiger partial charge in [0.15, 0.2) is 0 Å². The number of unbranched alkanes of at least 4 members (excludes halogenated alkanes) is 1. The standard InChI is InChI=1S/C21H29N3O4S/c1-5-6-11-24(4)20-19(21(25)26)13-17(14-22-20)23-29(27,28)18-9-7-16(8-10-18)12-15(2)3/h7-10,13-15,23H,5-6,11-12H2,1-4H3,(H,25,26). The topological polar surface area (TPSA) is 99.6 Å². The molecule has 0 aliphatic rings. The molecule has 0 aliphatic carbocycles. The van der Waals surface area contributed by atoms with Gasteiger partial charge in [-0.3, -0.25) is 4.72 Å². The van der Waals surface area contributed by atoms with Gasteiger partial charge in [-0.05, 0) is 42.5 Å². The van der Waals surface area contributed by atoms with Crippen LogP contribution in [0.15, 0.2) is 41.4 Å². The molecular weight excluding hydrogens is 390 g/mol. The summed E-state index contributed by atoms with van der Waals surface area (Å²) in [7, 11) is -2.07. The maximum atomic E-state index is 12.7. The van der Waals surface area contributed by atoms with Crippen LogP contribution in [0.3, 0.4) is 0 Å². The molecule has 1 aromatic carbocycles. The Morgan fingerprint density at radius 3 is 2.45 bits per heavy atom. The fourth-order valence-electron chi connectivity index (χ4n) is 2.97. The number of nitrogens with zero attached hydrogens (tertiary/aromatic N) is 2. The van der Waals surface area contributed by atoms with Crippen LogP contribution in [-0.4, -0.2) is 38.1 Å². The van der Waals surface area contributed by atoms with Crippen LogP contribution in [0.1, 0.15) is 49.5 Å². The first-order chi connectivity index (χ1) is 13.6. The third-order valence-electron chi connectivity index (χ3n) is 4.44. The molecule has 2 aromatic rings. The van der Waals surface area contributed by atoms with Crippen LogP contribution in [0, 0.1) is 5.92 Å². The van der Waals surface area contributed by atoms with E-state index in [1.807, 2.05) is 6.92 Å². The molecule has 0 radical (unpaired) electrons. The zero-order chi connectivity index (χ0) is 21.6. The number of hydrogen-bond donors (Lipinski definition) is 2. The summed E-state index contributed by atoms with van der Waals surface area (Å²) in [5, 5.41) is 9.54. The molecule has 158 valence electrons. The van der Waals surface area contributed by atoms with E-state index in [0.717, 1.165) is 24.8 Å². The van der Waals surface area contributed by atoms with Crippen molar-refractivity contribution in [2.24, 2.45) is 5.92 Å². The van der Waals surface area contributed by atoms with Crippen LogP contribution >= 0.6 is 0 Å². The van der Waals surface area contributed by atoms with E-state index in [9.17, 15) is 18.3 Å². The van der Waals surface area contributed by atoms with Crippen molar-refractivity contribution >= 4 is 27.5 Å². The summed E-state index contributed by atoms with van der Waals surface area (Å²) in [6, 6.07) is 8.00. The lowest BCUT2D eigenvalue weighted by molar-refractivity contribution is 0.0697. The third kappa shape index (κ3) is 6.19. The Morgan fingerprint density at radius 1 is 1.24 bits per heavy atom. The quantitative estimate of drug-likeness (QED) is 0.603. The average Bonchev–Trinajstić information content (AvgIpc) is 2.65. The summed E-state index contributed by atoms with van der Waals surface area (Å²) < 4.78 is 27.8. The molecule has 7 nitrogen and oxygen atoms in total. The Balaban J connectivity index is 2.26. The number of aromatic carboxylic acids is 1. The highest BCUT2D eigenvalue weighted by Crippen LogP contribution is 2.23. The van der Waals surface area contributed by atoms with E-state index in [1.54, 1.807) is 36.2 Å². The maximum Gasteiger partial charge on any atom is 0.339 e. The average molecular weight is 420 g/mol. The number of benzene rings is 1. The lowest BCUT2D eigenvalue weighted by Gasteiger charge is -2.20.